The Balaban J connectivity index is 0.000000425. The predicted octanol–water partition coefficient (Wildman–Crippen LogP) is -2.19. The molecule has 1 aliphatic carbocycles. The number of piperidine rings is 5. The molecule has 12 aliphatic rings. The number of amides is 2. The van der Waals surface area contributed by atoms with Crippen LogP contribution in [0.1, 0.15) is 157 Å². The van der Waals surface area contributed by atoms with Crippen molar-refractivity contribution < 1.29 is 50.1 Å². The summed E-state index contributed by atoms with van der Waals surface area (Å²) in [6.07, 6.45) is 14.2. The van der Waals surface area contributed by atoms with E-state index in [-0.39, 0.29) is 42.3 Å². The van der Waals surface area contributed by atoms with Crippen LogP contribution in [0, 0.1) is 11.3 Å². The number of nitrogens with one attached hydrogen (secondary N) is 6. The summed E-state index contributed by atoms with van der Waals surface area (Å²) in [6, 6.07) is 2.91. The molecule has 0 aromatic carbocycles. The lowest BCUT2D eigenvalue weighted by Crippen LogP contribution is -2.57. The van der Waals surface area contributed by atoms with Crippen molar-refractivity contribution in [3.63, 3.8) is 0 Å². The van der Waals surface area contributed by atoms with E-state index in [9.17, 15) is 30.0 Å². The summed E-state index contributed by atoms with van der Waals surface area (Å²) in [4.78, 5) is 43.9. The number of aromatic nitrogens is 4. The zero-order valence-corrected chi connectivity index (χ0v) is 75.4. The van der Waals surface area contributed by atoms with Crippen molar-refractivity contribution in [1.29, 1.82) is 0 Å². The molecule has 674 valence electrons. The van der Waals surface area contributed by atoms with E-state index < -0.39 is 17.3 Å². The van der Waals surface area contributed by atoms with Crippen LogP contribution >= 0.6 is 0 Å². The summed E-state index contributed by atoms with van der Waals surface area (Å²) in [5.41, 5.74) is 15.1. The Labute approximate surface area is 691 Å². The second-order valence-electron chi connectivity index (χ2n) is 36.9. The summed E-state index contributed by atoms with van der Waals surface area (Å²) in [5.74, 6) is 2.72. The number of aliphatic hydroxyl groups is 7. The number of piperazine rings is 3. The molecular weight excluding hydrogens is 1460 g/mol. The normalized spacial score (nSPS) is 26.8. The summed E-state index contributed by atoms with van der Waals surface area (Å²) in [6.45, 7) is 43.7. The highest BCUT2D eigenvalue weighted by atomic mass is 16.5. The summed E-state index contributed by atoms with van der Waals surface area (Å²) in [7, 11) is 22.3. The third-order valence-corrected chi connectivity index (χ3v) is 22.8. The fourth-order valence-electron chi connectivity index (χ4n) is 14.8. The SMILES string of the molecule is CC1(O)CCN(C[C@@H](O)CO)CC1.CC1(O)CCNCC1.CC1(O)CNC1.CC1CCC(N)CC1.CN(C)C[C@H]1CN(C)CCN1.CN1CC(N)C1.CN1CC(O)C1.CN1CCC(c2nnnn2C)CC1.CN1CCN(C(=O)CN)CC1.CNCC(=O)N1CCC(C)(O)CC1.COC[C@H]1CN(C)CCN1.C[C@H]1CC(C)(C)CCN1. The molecule has 1 saturated carbocycles. The zero-order chi connectivity index (χ0) is 85.7. The van der Waals surface area contributed by atoms with E-state index in [1.165, 1.54) is 71.0 Å². The average molecular weight is 1630 g/mol. The number of nitrogens with zero attached hydrogens (tertiary/aromatic N) is 14. The van der Waals surface area contributed by atoms with Gasteiger partial charge in [-0.15, -0.1) is 5.10 Å². The minimum absolute atomic E-state index is 0.0324. The van der Waals surface area contributed by atoms with Gasteiger partial charge in [0.25, 0.3) is 0 Å². The molecule has 11 saturated heterocycles. The number of likely N-dealkylation sites (tertiary alicyclic amines) is 5. The first-order chi connectivity index (χ1) is 53.5. The van der Waals surface area contributed by atoms with Crippen LogP contribution in [0.3, 0.4) is 0 Å². The van der Waals surface area contributed by atoms with E-state index in [1.807, 2.05) is 46.7 Å². The van der Waals surface area contributed by atoms with Gasteiger partial charge in [0.1, 0.15) is 0 Å². The Hall–Kier alpha value is -2.99. The van der Waals surface area contributed by atoms with Crippen molar-refractivity contribution in [3.05, 3.63) is 5.82 Å². The van der Waals surface area contributed by atoms with Gasteiger partial charge < -0.3 is 139 Å². The molecular formula is C81H175N23O10. The molecule has 13 rings (SSSR count). The van der Waals surface area contributed by atoms with Crippen molar-refractivity contribution in [2.24, 2.45) is 35.6 Å². The molecule has 33 heteroatoms. The minimum atomic E-state index is -0.650. The van der Waals surface area contributed by atoms with Gasteiger partial charge >= 0.3 is 0 Å². The maximum absolute atomic E-state index is 11.4. The summed E-state index contributed by atoms with van der Waals surface area (Å²) in [5, 5.41) is 94.7. The molecule has 0 unspecified atom stereocenters. The number of aryl methyl sites for hydroxylation is 1. The maximum Gasteiger partial charge on any atom is 0.236 e. The van der Waals surface area contributed by atoms with E-state index in [4.69, 9.17) is 37.3 Å². The molecule has 0 radical (unpaired) electrons. The Morgan fingerprint density at radius 2 is 1.07 bits per heavy atom. The lowest BCUT2D eigenvalue weighted by molar-refractivity contribution is -0.134. The Kier molecular flexibility index (Phi) is 53.8. The monoisotopic (exact) mass is 1630 g/mol. The molecule has 12 heterocycles. The molecule has 1 aromatic heterocycles. The topological polar surface area (TPSA) is 411 Å². The molecule has 0 spiro atoms. The van der Waals surface area contributed by atoms with Gasteiger partial charge in [0.2, 0.25) is 11.8 Å². The van der Waals surface area contributed by atoms with Gasteiger partial charge in [0.05, 0.1) is 60.9 Å². The van der Waals surface area contributed by atoms with Gasteiger partial charge in [0.15, 0.2) is 5.82 Å². The first-order valence-electron chi connectivity index (χ1n) is 43.1. The molecule has 2 amide bonds. The number of carbonyl (C=O) groups is 2. The predicted molar refractivity (Wildman–Crippen MR) is 461 cm³/mol. The van der Waals surface area contributed by atoms with E-state index in [0.717, 1.165) is 188 Å². The van der Waals surface area contributed by atoms with Crippen molar-refractivity contribution in [2.75, 3.05) is 274 Å². The quantitative estimate of drug-likeness (QED) is 0.112. The Bertz CT molecular complexity index is 2490. The van der Waals surface area contributed by atoms with Crippen LogP contribution in [0.4, 0.5) is 0 Å². The number of hydrogen-bond acceptors (Lipinski definition) is 30. The fourth-order valence-corrected chi connectivity index (χ4v) is 14.8. The first-order valence-corrected chi connectivity index (χ1v) is 43.1. The molecule has 19 N–H and O–H groups in total. The molecule has 11 aliphatic heterocycles. The van der Waals surface area contributed by atoms with E-state index in [2.05, 4.69) is 164 Å². The number of β-amino-alcohol motifs (C(OH)–C–C–N with tert-alkyl or cyclic N) is 3. The highest BCUT2D eigenvalue weighted by Gasteiger charge is 2.32. The van der Waals surface area contributed by atoms with Crippen LogP contribution in [0.25, 0.3) is 0 Å². The van der Waals surface area contributed by atoms with Gasteiger partial charge in [-0.2, -0.15) is 0 Å². The van der Waals surface area contributed by atoms with E-state index >= 15 is 0 Å². The van der Waals surface area contributed by atoms with Gasteiger partial charge in [0, 0.05) is 194 Å². The number of rotatable bonds is 11. The third kappa shape index (κ3) is 51.6. The number of carbonyl (C=O) groups excluding carboxylic acids is 2. The third-order valence-electron chi connectivity index (χ3n) is 22.8. The van der Waals surface area contributed by atoms with Crippen LogP contribution in [0.15, 0.2) is 0 Å². The van der Waals surface area contributed by atoms with E-state index in [0.29, 0.717) is 74.5 Å². The van der Waals surface area contributed by atoms with Crippen molar-refractivity contribution in [3.8, 4) is 0 Å². The highest BCUT2D eigenvalue weighted by molar-refractivity contribution is 5.78. The molecule has 114 heavy (non-hydrogen) atoms. The molecule has 33 nitrogen and oxygen atoms in total. The van der Waals surface area contributed by atoms with Gasteiger partial charge in [-0.3, -0.25) is 9.59 Å². The van der Waals surface area contributed by atoms with Crippen molar-refractivity contribution in [2.45, 2.75) is 216 Å². The van der Waals surface area contributed by atoms with Gasteiger partial charge in [-0.05, 0) is 242 Å². The lowest BCUT2D eigenvalue weighted by Gasteiger charge is -2.36. The maximum atomic E-state index is 11.4. The zero-order valence-electron chi connectivity index (χ0n) is 75.4. The van der Waals surface area contributed by atoms with Crippen LogP contribution in [0.5, 0.6) is 0 Å². The minimum Gasteiger partial charge on any atom is -0.394 e. The second-order valence-corrected chi connectivity index (χ2v) is 36.9. The van der Waals surface area contributed by atoms with Crippen LogP contribution in [0.2, 0.25) is 0 Å². The number of methoxy groups -OCH3 is 1. The Morgan fingerprint density at radius 1 is 0.579 bits per heavy atom. The first kappa shape index (κ1) is 107. The molecule has 0 bridgehead atoms. The largest absolute Gasteiger partial charge is 0.394 e. The van der Waals surface area contributed by atoms with E-state index in [1.54, 1.807) is 23.7 Å². The van der Waals surface area contributed by atoms with Gasteiger partial charge in [-0.25, -0.2) is 4.68 Å². The fraction of sp³-hybridized carbons (Fsp3) is 0.963. The van der Waals surface area contributed by atoms with Crippen molar-refractivity contribution >= 4 is 11.8 Å². The van der Waals surface area contributed by atoms with Crippen LogP contribution in [-0.2, 0) is 21.4 Å². The Morgan fingerprint density at radius 3 is 1.43 bits per heavy atom. The second kappa shape index (κ2) is 57.3. The standard InChI is InChI=1S/C9H18N2O2.C9H19NO3.C8H15N5.C8H19N3.C8H17N.C7H15N3O.C7H16N2O.C7H15N.C6H13NO.C4H10N2.2C4H9NO/c1-9(13)3-5-11(6-4-9)8(12)7-10-2;1-9(13)2-4-10(5-3-9)6-8(12)7-11;1-12-5-3-7(4-6-12)8-9-10-11-13(8)2;1-10(2)6-8-7-11(3)5-4-9-8;1-7-6-8(2,3)4-5-9-7;1-9-2-4-10(5-3-9)7(11)6-8;1-9-4-3-8-7(5-9)6-10-2;1-6-2-4-7(8)5-3-6;1-6(8)2-4-7-5-3-6;1-6-2-4(5)3-6;1-5-2-4(6)3-5;1-4(6)2-5-3-4/h10,13H,3-7H2,1-2H3;8,11-13H,2-7H2,1H3;7H,3-6H2,1-2H3;8-9H,4-7H2,1-3H3;7,9H,4-6H2,1-3H3;2-6,8H2,1H3;7-8H,3-6H2,1-2H3;6-7H,2-5,8H2,1H3;7-8H,2-5H2,1H3;4H,2-3,5H2,1H3;4,6H,2-3H2,1H3;5-6H,2-3H2,1H3/t;8-;;8-;7-;;7-;;;;;/m.1.00.1...../s1. The van der Waals surface area contributed by atoms with Crippen LogP contribution in [-0.4, -0.2) is 455 Å². The number of tetrazole rings is 1. The average Bonchev–Trinajstić information content (AvgIpc) is 1.74. The number of hydrogen-bond donors (Lipinski definition) is 16. The summed E-state index contributed by atoms with van der Waals surface area (Å²) >= 11 is 0. The molecule has 1 aromatic rings. The highest BCUT2D eigenvalue weighted by Crippen LogP contribution is 2.30. The smallest absolute Gasteiger partial charge is 0.236 e. The molecule has 12 fully saturated rings. The lowest BCUT2D eigenvalue weighted by atomic mass is 9.80. The number of nitrogens with two attached hydrogens (primary N) is 3. The summed E-state index contributed by atoms with van der Waals surface area (Å²) < 4.78 is 6.83. The number of aliphatic hydroxyl groups excluding tert-OH is 3. The van der Waals surface area contributed by atoms with Crippen molar-refractivity contribution in [1.82, 2.24) is 101 Å². The number of ether oxygens (including phenoxy) is 1. The van der Waals surface area contributed by atoms with Crippen LogP contribution < -0.4 is 49.1 Å². The molecule has 4 atom stereocenters. The van der Waals surface area contributed by atoms with Gasteiger partial charge in [-0.1, -0.05) is 20.8 Å². The number of likely N-dealkylation sites (N-methyl/N-ethyl adjacent to an activating group) is 7.